The van der Waals surface area contributed by atoms with Crippen molar-refractivity contribution in [1.82, 2.24) is 0 Å². The van der Waals surface area contributed by atoms with Crippen LogP contribution in [0.1, 0.15) is 12.0 Å². The van der Waals surface area contributed by atoms with E-state index in [0.717, 1.165) is 12.8 Å². The topological polar surface area (TPSA) is 0 Å². The normalized spacial score (nSPS) is 8.50. The minimum atomic E-state index is 0. The minimum absolute atomic E-state index is 0. The van der Waals surface area contributed by atoms with Gasteiger partial charge in [-0.3, -0.25) is 0 Å². The van der Waals surface area contributed by atoms with Gasteiger partial charge in [0.05, 0.1) is 0 Å². The van der Waals surface area contributed by atoms with Crippen LogP contribution in [0.4, 0.5) is 0 Å². The van der Waals surface area contributed by atoms with Crippen LogP contribution < -0.4 is 0 Å². The van der Waals surface area contributed by atoms with E-state index in [1.165, 1.54) is 5.56 Å². The van der Waals surface area contributed by atoms with Crippen molar-refractivity contribution >= 4 is 0 Å². The van der Waals surface area contributed by atoms with Crippen molar-refractivity contribution < 1.29 is 32.7 Å². The second-order valence-corrected chi connectivity index (χ2v) is 2.09. The molecule has 0 saturated carbocycles. The molecule has 1 aromatic rings. The fourth-order valence-electron chi connectivity index (χ4n) is 0.849. The number of hydrogen-bond acceptors (Lipinski definition) is 0. The number of rotatable bonds is 2. The molecular formula is C9H11Y-. The van der Waals surface area contributed by atoms with E-state index in [-0.39, 0.29) is 32.7 Å². The second-order valence-electron chi connectivity index (χ2n) is 2.09. The average molecular weight is 208 g/mol. The Morgan fingerprint density at radius 1 is 1.10 bits per heavy atom. The van der Waals surface area contributed by atoms with Crippen molar-refractivity contribution in [3.8, 4) is 0 Å². The van der Waals surface area contributed by atoms with Gasteiger partial charge in [0.15, 0.2) is 0 Å². The third-order valence-electron chi connectivity index (χ3n) is 1.31. The van der Waals surface area contributed by atoms with E-state index >= 15 is 0 Å². The van der Waals surface area contributed by atoms with E-state index < -0.39 is 0 Å². The molecular weight excluding hydrogens is 197 g/mol. The Labute approximate surface area is 87.9 Å². The Kier molecular flexibility index (Phi) is 6.26. The number of hydrogen-bond donors (Lipinski definition) is 0. The summed E-state index contributed by atoms with van der Waals surface area (Å²) >= 11 is 0. The molecule has 0 N–H and O–H groups in total. The first-order valence-corrected chi connectivity index (χ1v) is 3.26. The maximum atomic E-state index is 3.78. The molecule has 1 rings (SSSR count). The summed E-state index contributed by atoms with van der Waals surface area (Å²) in [6.07, 6.45) is 2.09. The summed E-state index contributed by atoms with van der Waals surface area (Å²) in [5.41, 5.74) is 1.38. The summed E-state index contributed by atoms with van der Waals surface area (Å²) in [4.78, 5) is 0. The van der Waals surface area contributed by atoms with Gasteiger partial charge in [0, 0.05) is 32.7 Å². The van der Waals surface area contributed by atoms with Crippen molar-refractivity contribution in [2.24, 2.45) is 0 Å². The van der Waals surface area contributed by atoms with Crippen LogP contribution in [0.3, 0.4) is 0 Å². The molecule has 0 fully saturated rings. The summed E-state index contributed by atoms with van der Waals surface area (Å²) in [5.74, 6) is 0. The van der Waals surface area contributed by atoms with Crippen LogP contribution in [0.15, 0.2) is 30.3 Å². The van der Waals surface area contributed by atoms with E-state index in [0.29, 0.717) is 0 Å². The van der Waals surface area contributed by atoms with E-state index in [4.69, 9.17) is 0 Å². The van der Waals surface area contributed by atoms with E-state index in [1.807, 2.05) is 6.07 Å². The zero-order chi connectivity index (χ0) is 6.53. The van der Waals surface area contributed by atoms with Crippen LogP contribution >= 0.6 is 0 Å². The Balaban J connectivity index is 0.000000810. The average Bonchev–Trinajstić information content (AvgIpc) is 1.91. The van der Waals surface area contributed by atoms with Gasteiger partial charge < -0.3 is 6.92 Å². The fourth-order valence-corrected chi connectivity index (χ4v) is 0.849. The molecule has 0 bridgehead atoms. The van der Waals surface area contributed by atoms with Crippen LogP contribution in [0.5, 0.6) is 0 Å². The van der Waals surface area contributed by atoms with Gasteiger partial charge in [-0.15, -0.1) is 0 Å². The zero-order valence-corrected chi connectivity index (χ0v) is 8.92. The van der Waals surface area contributed by atoms with Crippen LogP contribution in [0, 0.1) is 6.92 Å². The Bertz CT molecular complexity index is 158. The molecule has 0 nitrogen and oxygen atoms in total. The van der Waals surface area contributed by atoms with E-state index in [2.05, 4.69) is 31.2 Å². The molecule has 0 spiro atoms. The minimum Gasteiger partial charge on any atom is -0.343 e. The van der Waals surface area contributed by atoms with Crippen molar-refractivity contribution in [3.63, 3.8) is 0 Å². The standard InChI is InChI=1S/C9H11.Y/c1-2-6-9-7-4-3-5-8-9;/h3-5,7-8H,1-2,6H2;/q-1;. The predicted octanol–water partition coefficient (Wildman–Crippen LogP) is 2.45. The van der Waals surface area contributed by atoms with Crippen LogP contribution in [-0.4, -0.2) is 0 Å². The van der Waals surface area contributed by atoms with Crippen LogP contribution in [0.2, 0.25) is 0 Å². The van der Waals surface area contributed by atoms with Crippen molar-refractivity contribution in [2.45, 2.75) is 12.8 Å². The monoisotopic (exact) mass is 208 g/mol. The third-order valence-corrected chi connectivity index (χ3v) is 1.31. The Hall–Kier alpha value is 0.324. The van der Waals surface area contributed by atoms with Gasteiger partial charge in [-0.2, -0.15) is 6.42 Å². The van der Waals surface area contributed by atoms with Crippen LogP contribution in [0.25, 0.3) is 0 Å². The molecule has 0 unspecified atom stereocenters. The molecule has 0 aromatic heterocycles. The smallest absolute Gasteiger partial charge is 0 e. The largest absolute Gasteiger partial charge is 0.343 e. The molecule has 0 atom stereocenters. The molecule has 1 heteroatoms. The van der Waals surface area contributed by atoms with Gasteiger partial charge in [0.1, 0.15) is 0 Å². The third kappa shape index (κ3) is 3.48. The van der Waals surface area contributed by atoms with Gasteiger partial charge in [0.2, 0.25) is 0 Å². The van der Waals surface area contributed by atoms with E-state index in [1.54, 1.807) is 0 Å². The van der Waals surface area contributed by atoms with Crippen LogP contribution in [-0.2, 0) is 39.1 Å². The summed E-state index contributed by atoms with van der Waals surface area (Å²) in [5, 5.41) is 0. The number of benzene rings is 1. The van der Waals surface area contributed by atoms with Gasteiger partial charge >= 0.3 is 0 Å². The first kappa shape index (κ1) is 10.3. The molecule has 0 saturated heterocycles. The molecule has 1 aromatic carbocycles. The Morgan fingerprint density at radius 2 is 1.70 bits per heavy atom. The molecule has 1 radical (unpaired) electrons. The number of aryl methyl sites for hydroxylation is 1. The summed E-state index contributed by atoms with van der Waals surface area (Å²) in [7, 11) is 0. The van der Waals surface area contributed by atoms with Gasteiger partial charge in [-0.1, -0.05) is 42.3 Å². The van der Waals surface area contributed by atoms with Crippen molar-refractivity contribution in [3.05, 3.63) is 42.8 Å². The molecule has 0 heterocycles. The summed E-state index contributed by atoms with van der Waals surface area (Å²) in [6, 6.07) is 10.4. The molecule has 0 amide bonds. The maximum Gasteiger partial charge on any atom is 0 e. The molecule has 0 aliphatic heterocycles. The van der Waals surface area contributed by atoms with Gasteiger partial charge in [0.25, 0.3) is 0 Å². The maximum absolute atomic E-state index is 3.78. The predicted molar refractivity (Wildman–Crippen MR) is 40.1 cm³/mol. The Morgan fingerprint density at radius 3 is 2.20 bits per heavy atom. The fraction of sp³-hybridized carbons (Fsp3) is 0.222. The first-order valence-electron chi connectivity index (χ1n) is 3.26. The van der Waals surface area contributed by atoms with Gasteiger partial charge in [-0.05, 0) is 0 Å². The SMILES string of the molecule is [CH2-]CCc1ccccc1.[Y]. The van der Waals surface area contributed by atoms with Crippen molar-refractivity contribution in [1.29, 1.82) is 0 Å². The first-order chi connectivity index (χ1) is 4.43. The quantitative estimate of drug-likeness (QED) is 0.655. The summed E-state index contributed by atoms with van der Waals surface area (Å²) in [6.45, 7) is 3.78. The molecule has 0 aliphatic rings. The summed E-state index contributed by atoms with van der Waals surface area (Å²) < 4.78 is 0. The molecule has 10 heavy (non-hydrogen) atoms. The second kappa shape index (κ2) is 6.06. The molecule has 51 valence electrons. The zero-order valence-electron chi connectivity index (χ0n) is 6.09. The van der Waals surface area contributed by atoms with Gasteiger partial charge in [-0.25, -0.2) is 0 Å². The molecule has 0 aliphatic carbocycles. The van der Waals surface area contributed by atoms with Crippen molar-refractivity contribution in [2.75, 3.05) is 0 Å². The van der Waals surface area contributed by atoms with E-state index in [9.17, 15) is 0 Å².